The van der Waals surface area contributed by atoms with Crippen molar-refractivity contribution in [2.45, 2.75) is 36.4 Å². The number of rotatable bonds is 0. The van der Waals surface area contributed by atoms with E-state index < -0.39 is 10.1 Å². The fourth-order valence-electron chi connectivity index (χ4n) is 2.25. The molecule has 3 saturated heterocycles. The van der Waals surface area contributed by atoms with Crippen LogP contribution in [0.3, 0.4) is 0 Å². The Morgan fingerprint density at radius 3 is 2.64 bits per heavy atom. The van der Waals surface area contributed by atoms with E-state index in [0.717, 1.165) is 6.42 Å². The van der Waals surface area contributed by atoms with E-state index in [4.69, 9.17) is 8.92 Å². The molecule has 0 aromatic heterocycles. The van der Waals surface area contributed by atoms with Gasteiger partial charge in [-0.2, -0.15) is 8.42 Å². The number of hydrogen-bond donors (Lipinski definition) is 0. The summed E-state index contributed by atoms with van der Waals surface area (Å²) in [5.41, 5.74) is 0. The maximum Gasteiger partial charge on any atom is 0.273 e. The molecule has 0 aromatic carbocycles. The van der Waals surface area contributed by atoms with Gasteiger partial charge in [-0.1, -0.05) is 0 Å². The Hall–Kier alpha value is -0.130. The van der Waals surface area contributed by atoms with Gasteiger partial charge in [0.15, 0.2) is 0 Å². The quantitative estimate of drug-likeness (QED) is 0.473. The summed E-state index contributed by atoms with van der Waals surface area (Å²) in [6.45, 7) is 0. The van der Waals surface area contributed by atoms with Gasteiger partial charge in [-0.3, -0.25) is 4.18 Å². The second-order valence-electron chi connectivity index (χ2n) is 3.36. The molecular formula is C6H8O4S. The van der Waals surface area contributed by atoms with Crippen LogP contribution in [0.4, 0.5) is 0 Å². The van der Waals surface area contributed by atoms with Crippen LogP contribution in [0.1, 0.15) is 12.8 Å². The van der Waals surface area contributed by atoms with Crippen molar-refractivity contribution in [2.75, 3.05) is 0 Å². The Labute approximate surface area is 64.6 Å². The molecule has 3 rings (SSSR count). The van der Waals surface area contributed by atoms with Crippen LogP contribution in [-0.2, 0) is 19.0 Å². The molecule has 5 heteroatoms. The first-order valence-corrected chi connectivity index (χ1v) is 5.21. The average molecular weight is 176 g/mol. The molecule has 2 bridgehead atoms. The van der Waals surface area contributed by atoms with Gasteiger partial charge in [0.05, 0.1) is 6.10 Å². The molecule has 3 aliphatic rings. The highest BCUT2D eigenvalue weighted by Crippen LogP contribution is 2.46. The third-order valence-electron chi connectivity index (χ3n) is 2.70. The minimum atomic E-state index is -3.26. The maximum absolute atomic E-state index is 11.2. The summed E-state index contributed by atoms with van der Waals surface area (Å²) in [4.78, 5) is 0. The molecule has 3 aliphatic heterocycles. The molecule has 11 heavy (non-hydrogen) atoms. The second-order valence-corrected chi connectivity index (χ2v) is 5.14. The van der Waals surface area contributed by atoms with Crippen molar-refractivity contribution in [1.29, 1.82) is 0 Å². The highest BCUT2D eigenvalue weighted by molar-refractivity contribution is 7.87. The normalized spacial score (nSPS) is 57.1. The van der Waals surface area contributed by atoms with Crippen molar-refractivity contribution in [2.24, 2.45) is 0 Å². The van der Waals surface area contributed by atoms with E-state index in [1.54, 1.807) is 0 Å². The van der Waals surface area contributed by atoms with E-state index >= 15 is 0 Å². The minimum absolute atomic E-state index is 0.146. The fraction of sp³-hybridized carbons (Fsp3) is 1.00. The largest absolute Gasteiger partial charge is 0.371 e. The van der Waals surface area contributed by atoms with Crippen molar-refractivity contribution in [3.05, 3.63) is 0 Å². The predicted octanol–water partition coefficient (Wildman–Crippen LogP) is -0.355. The van der Waals surface area contributed by atoms with Gasteiger partial charge < -0.3 is 4.74 Å². The highest BCUT2D eigenvalue weighted by Gasteiger charge is 2.60. The van der Waals surface area contributed by atoms with Crippen LogP contribution in [0.15, 0.2) is 0 Å². The van der Waals surface area contributed by atoms with Crippen LogP contribution in [0.5, 0.6) is 0 Å². The molecule has 0 spiro atoms. The van der Waals surface area contributed by atoms with Crippen LogP contribution in [0, 0.1) is 0 Å². The van der Waals surface area contributed by atoms with Gasteiger partial charge in [-0.05, 0) is 6.42 Å². The lowest BCUT2D eigenvalue weighted by Crippen LogP contribution is -2.27. The number of hydrogen-bond acceptors (Lipinski definition) is 4. The molecule has 3 fully saturated rings. The van der Waals surface area contributed by atoms with E-state index in [0.29, 0.717) is 6.42 Å². The first-order valence-electron chi connectivity index (χ1n) is 3.74. The Balaban J connectivity index is 2.14. The lowest BCUT2D eigenvalue weighted by molar-refractivity contribution is 0.0838. The van der Waals surface area contributed by atoms with Gasteiger partial charge in [-0.15, -0.1) is 0 Å². The molecule has 4 atom stereocenters. The Morgan fingerprint density at radius 1 is 1.27 bits per heavy atom. The first-order chi connectivity index (χ1) is 5.17. The second kappa shape index (κ2) is 1.62. The molecule has 0 N–H and O–H groups in total. The van der Waals surface area contributed by atoms with Gasteiger partial charge in [-0.25, -0.2) is 0 Å². The zero-order valence-electron chi connectivity index (χ0n) is 5.76. The van der Waals surface area contributed by atoms with Gasteiger partial charge in [0.1, 0.15) is 17.5 Å². The third-order valence-corrected chi connectivity index (χ3v) is 4.42. The molecule has 62 valence electrons. The Kier molecular flexibility index (Phi) is 0.944. The summed E-state index contributed by atoms with van der Waals surface area (Å²) in [5.74, 6) is 0. The predicted molar refractivity (Wildman–Crippen MR) is 35.5 cm³/mol. The molecule has 0 amide bonds. The summed E-state index contributed by atoms with van der Waals surface area (Å²) in [6, 6.07) is 0. The molecule has 3 unspecified atom stereocenters. The molecule has 3 heterocycles. The summed E-state index contributed by atoms with van der Waals surface area (Å²) in [5, 5.41) is -0.355. The van der Waals surface area contributed by atoms with E-state index in [9.17, 15) is 8.42 Å². The summed E-state index contributed by atoms with van der Waals surface area (Å²) in [7, 11) is -3.26. The molecule has 4 nitrogen and oxygen atoms in total. The van der Waals surface area contributed by atoms with Gasteiger partial charge in [0.25, 0.3) is 10.1 Å². The van der Waals surface area contributed by atoms with Crippen LogP contribution in [0.25, 0.3) is 0 Å². The van der Waals surface area contributed by atoms with Gasteiger partial charge >= 0.3 is 0 Å². The van der Waals surface area contributed by atoms with Crippen molar-refractivity contribution < 1.29 is 17.3 Å². The summed E-state index contributed by atoms with van der Waals surface area (Å²) >= 11 is 0. The molecular weight excluding hydrogens is 168 g/mol. The first kappa shape index (κ1) is 6.39. The lowest BCUT2D eigenvalue weighted by Gasteiger charge is -2.06. The van der Waals surface area contributed by atoms with E-state index in [1.807, 2.05) is 0 Å². The van der Waals surface area contributed by atoms with Crippen molar-refractivity contribution >= 4 is 10.1 Å². The molecule has 0 aliphatic carbocycles. The van der Waals surface area contributed by atoms with Crippen LogP contribution in [-0.4, -0.2) is 32.0 Å². The fourth-order valence-corrected chi connectivity index (χ4v) is 3.94. The van der Waals surface area contributed by atoms with E-state index in [2.05, 4.69) is 0 Å². The van der Waals surface area contributed by atoms with Gasteiger partial charge in [0, 0.05) is 6.42 Å². The number of fused-ring (bicyclic) bond motifs is 1. The van der Waals surface area contributed by atoms with E-state index in [-0.39, 0.29) is 23.6 Å². The molecule has 0 radical (unpaired) electrons. The Morgan fingerprint density at radius 2 is 2.09 bits per heavy atom. The molecule has 0 saturated carbocycles. The monoisotopic (exact) mass is 176 g/mol. The zero-order chi connectivity index (χ0) is 7.64. The topological polar surface area (TPSA) is 52.6 Å². The standard InChI is InChI=1S/C6H8O4S/c7-11(8)5-2-3-1-4(10-11)6(5)9-3/h3-6H,1-2H2/t3?,4?,5?,6-/m0/s1. The smallest absolute Gasteiger partial charge is 0.273 e. The van der Waals surface area contributed by atoms with E-state index in [1.165, 1.54) is 0 Å². The Bertz CT molecular complexity index is 294. The van der Waals surface area contributed by atoms with Crippen LogP contribution >= 0.6 is 0 Å². The van der Waals surface area contributed by atoms with Crippen molar-refractivity contribution in [3.63, 3.8) is 0 Å². The van der Waals surface area contributed by atoms with Crippen molar-refractivity contribution in [3.8, 4) is 0 Å². The van der Waals surface area contributed by atoms with Gasteiger partial charge in [0.2, 0.25) is 0 Å². The minimum Gasteiger partial charge on any atom is -0.371 e. The highest BCUT2D eigenvalue weighted by atomic mass is 32.2. The third kappa shape index (κ3) is 0.641. The van der Waals surface area contributed by atoms with Crippen LogP contribution in [0.2, 0.25) is 0 Å². The number of ether oxygens (including phenoxy) is 1. The SMILES string of the molecule is O=S1(=O)OC2CC3CC1[C@H]2O3. The zero-order valence-corrected chi connectivity index (χ0v) is 6.58. The average Bonchev–Trinajstić information content (AvgIpc) is 2.44. The summed E-state index contributed by atoms with van der Waals surface area (Å²) < 4.78 is 32.6. The summed E-state index contributed by atoms with van der Waals surface area (Å²) in [6.07, 6.45) is 1.24. The molecule has 0 aromatic rings. The lowest BCUT2D eigenvalue weighted by atomic mass is 9.98. The maximum atomic E-state index is 11.2. The van der Waals surface area contributed by atoms with Crippen molar-refractivity contribution in [1.82, 2.24) is 0 Å². The van der Waals surface area contributed by atoms with Crippen LogP contribution < -0.4 is 0 Å².